The summed E-state index contributed by atoms with van der Waals surface area (Å²) < 4.78 is 15.4. The van der Waals surface area contributed by atoms with Gasteiger partial charge in [-0.3, -0.25) is 4.79 Å². The molecule has 0 fully saturated rings. The lowest BCUT2D eigenvalue weighted by atomic mass is 10.2. The number of hydrogen-bond acceptors (Lipinski definition) is 5. The topological polar surface area (TPSA) is 73.9 Å². The number of nitrogens with one attached hydrogen (secondary N) is 1. The van der Waals surface area contributed by atoms with E-state index >= 15 is 0 Å². The van der Waals surface area contributed by atoms with Crippen molar-refractivity contribution in [1.82, 2.24) is 0 Å². The number of esters is 1. The van der Waals surface area contributed by atoms with Crippen molar-refractivity contribution in [2.45, 2.75) is 6.92 Å². The lowest BCUT2D eigenvalue weighted by Gasteiger charge is -2.12. The molecule has 1 amide bonds. The van der Waals surface area contributed by atoms with E-state index in [0.717, 1.165) is 11.1 Å². The minimum atomic E-state index is -0.458. The molecule has 0 spiro atoms. The first-order valence-electron chi connectivity index (χ1n) is 8.06. The Hall–Kier alpha value is -2.99. The molecule has 0 heterocycles. The molecule has 0 aliphatic carbocycles. The molecule has 0 atom stereocenters. The molecule has 0 saturated carbocycles. The van der Waals surface area contributed by atoms with E-state index in [1.165, 1.54) is 20.3 Å². The first-order valence-corrected chi connectivity index (χ1v) is 8.43. The SMILES string of the molecule is COC(=O)/C=C/c1ccc(OCC(=O)Nc2ccc(C)cc2Cl)c(OC)c1. The van der Waals surface area contributed by atoms with Gasteiger partial charge in [0.15, 0.2) is 18.1 Å². The van der Waals surface area contributed by atoms with Gasteiger partial charge in [0.05, 0.1) is 24.9 Å². The number of hydrogen-bond donors (Lipinski definition) is 1. The van der Waals surface area contributed by atoms with Crippen molar-refractivity contribution in [3.63, 3.8) is 0 Å². The Morgan fingerprint density at radius 3 is 2.56 bits per heavy atom. The third-order valence-electron chi connectivity index (χ3n) is 3.56. The van der Waals surface area contributed by atoms with Gasteiger partial charge < -0.3 is 19.5 Å². The van der Waals surface area contributed by atoms with Crippen LogP contribution in [0.2, 0.25) is 5.02 Å². The van der Waals surface area contributed by atoms with Crippen LogP contribution in [0.5, 0.6) is 11.5 Å². The molecular formula is C20H20ClNO5. The second kappa shape index (κ2) is 9.64. The van der Waals surface area contributed by atoms with Crippen LogP contribution in [-0.2, 0) is 14.3 Å². The van der Waals surface area contributed by atoms with Crippen molar-refractivity contribution in [2.24, 2.45) is 0 Å². The van der Waals surface area contributed by atoms with Crippen molar-refractivity contribution in [2.75, 3.05) is 26.1 Å². The largest absolute Gasteiger partial charge is 0.493 e. The van der Waals surface area contributed by atoms with Crippen LogP contribution in [0, 0.1) is 6.92 Å². The van der Waals surface area contributed by atoms with Gasteiger partial charge in [-0.1, -0.05) is 23.7 Å². The number of anilines is 1. The maximum absolute atomic E-state index is 12.1. The fraction of sp³-hybridized carbons (Fsp3) is 0.200. The van der Waals surface area contributed by atoms with Crippen molar-refractivity contribution in [3.8, 4) is 11.5 Å². The van der Waals surface area contributed by atoms with Gasteiger partial charge in [-0.25, -0.2) is 4.79 Å². The molecule has 1 N–H and O–H groups in total. The zero-order valence-electron chi connectivity index (χ0n) is 15.2. The van der Waals surface area contributed by atoms with Crippen molar-refractivity contribution in [3.05, 3.63) is 58.6 Å². The van der Waals surface area contributed by atoms with Gasteiger partial charge in [-0.15, -0.1) is 0 Å². The molecule has 7 heteroatoms. The number of benzene rings is 2. The Bertz CT molecular complexity index is 863. The summed E-state index contributed by atoms with van der Waals surface area (Å²) >= 11 is 6.10. The van der Waals surface area contributed by atoms with E-state index in [0.29, 0.717) is 22.2 Å². The minimum Gasteiger partial charge on any atom is -0.493 e. The van der Waals surface area contributed by atoms with E-state index in [1.807, 2.05) is 13.0 Å². The first-order chi connectivity index (χ1) is 12.9. The molecule has 0 bridgehead atoms. The van der Waals surface area contributed by atoms with Crippen molar-refractivity contribution >= 4 is 35.2 Å². The standard InChI is InChI=1S/C20H20ClNO5/c1-13-4-7-16(15(21)10-13)22-19(23)12-27-17-8-5-14(11-18(17)25-2)6-9-20(24)26-3/h4-11H,12H2,1-3H3,(H,22,23)/b9-6+. The van der Waals surface area contributed by atoms with Crippen molar-refractivity contribution in [1.29, 1.82) is 0 Å². The number of rotatable bonds is 7. The third-order valence-corrected chi connectivity index (χ3v) is 3.87. The van der Waals surface area contributed by atoms with Gasteiger partial charge in [-0.2, -0.15) is 0 Å². The Kier molecular flexibility index (Phi) is 7.25. The number of ether oxygens (including phenoxy) is 3. The molecule has 2 aromatic rings. The van der Waals surface area contributed by atoms with Crippen LogP contribution in [0.1, 0.15) is 11.1 Å². The maximum atomic E-state index is 12.1. The molecule has 142 valence electrons. The number of amides is 1. The van der Waals surface area contributed by atoms with Gasteiger partial charge in [-0.05, 0) is 48.4 Å². The van der Waals surface area contributed by atoms with E-state index in [-0.39, 0.29) is 12.5 Å². The number of carbonyl (C=O) groups is 2. The number of aryl methyl sites for hydroxylation is 1. The molecule has 0 unspecified atom stereocenters. The summed E-state index contributed by atoms with van der Waals surface area (Å²) in [5, 5.41) is 3.16. The highest BCUT2D eigenvalue weighted by Crippen LogP contribution is 2.29. The second-order valence-electron chi connectivity index (χ2n) is 5.59. The van der Waals surface area contributed by atoms with E-state index in [2.05, 4.69) is 10.1 Å². The molecule has 2 rings (SSSR count). The predicted molar refractivity (Wildman–Crippen MR) is 104 cm³/mol. The van der Waals surface area contributed by atoms with Gasteiger partial charge in [0.2, 0.25) is 0 Å². The van der Waals surface area contributed by atoms with E-state index in [9.17, 15) is 9.59 Å². The summed E-state index contributed by atoms with van der Waals surface area (Å²) in [5.41, 5.74) is 2.24. The molecule has 27 heavy (non-hydrogen) atoms. The smallest absolute Gasteiger partial charge is 0.330 e. The lowest BCUT2D eigenvalue weighted by Crippen LogP contribution is -2.20. The molecule has 0 saturated heterocycles. The summed E-state index contributed by atoms with van der Waals surface area (Å²) in [6.45, 7) is 1.70. The zero-order chi connectivity index (χ0) is 19.8. The summed E-state index contributed by atoms with van der Waals surface area (Å²) in [5.74, 6) is 0.0271. The van der Waals surface area contributed by atoms with Gasteiger partial charge in [0.1, 0.15) is 0 Å². The molecule has 0 aliphatic rings. The van der Waals surface area contributed by atoms with Crippen LogP contribution in [0.25, 0.3) is 6.08 Å². The van der Waals surface area contributed by atoms with Crippen LogP contribution in [0.4, 0.5) is 5.69 Å². The Morgan fingerprint density at radius 2 is 1.89 bits per heavy atom. The zero-order valence-corrected chi connectivity index (χ0v) is 16.0. The fourth-order valence-corrected chi connectivity index (χ4v) is 2.47. The molecule has 0 aliphatic heterocycles. The molecule has 2 aromatic carbocycles. The summed E-state index contributed by atoms with van der Waals surface area (Å²) in [6.07, 6.45) is 2.89. The highest BCUT2D eigenvalue weighted by Gasteiger charge is 2.10. The van der Waals surface area contributed by atoms with E-state index in [4.69, 9.17) is 21.1 Å². The average molecular weight is 390 g/mol. The summed E-state index contributed by atoms with van der Waals surface area (Å²) in [7, 11) is 2.79. The first kappa shape index (κ1) is 20.3. The Balaban J connectivity index is 2.01. The molecular weight excluding hydrogens is 370 g/mol. The van der Waals surface area contributed by atoms with Crippen LogP contribution in [0.15, 0.2) is 42.5 Å². The van der Waals surface area contributed by atoms with Crippen molar-refractivity contribution < 1.29 is 23.8 Å². The lowest BCUT2D eigenvalue weighted by molar-refractivity contribution is -0.134. The Morgan fingerprint density at radius 1 is 1.11 bits per heavy atom. The maximum Gasteiger partial charge on any atom is 0.330 e. The van der Waals surface area contributed by atoms with Crippen LogP contribution in [0.3, 0.4) is 0 Å². The minimum absolute atomic E-state index is 0.210. The Labute approximate surface area is 162 Å². The molecule has 6 nitrogen and oxygen atoms in total. The number of methoxy groups -OCH3 is 2. The van der Waals surface area contributed by atoms with Gasteiger partial charge >= 0.3 is 5.97 Å². The number of halogens is 1. The van der Waals surface area contributed by atoms with Crippen LogP contribution in [-0.4, -0.2) is 32.7 Å². The highest BCUT2D eigenvalue weighted by molar-refractivity contribution is 6.33. The van der Waals surface area contributed by atoms with Gasteiger partial charge in [0, 0.05) is 6.08 Å². The molecule has 0 radical (unpaired) electrons. The normalized spacial score (nSPS) is 10.5. The predicted octanol–water partition coefficient (Wildman–Crippen LogP) is 3.86. The van der Waals surface area contributed by atoms with E-state index < -0.39 is 5.97 Å². The van der Waals surface area contributed by atoms with Crippen LogP contribution >= 0.6 is 11.6 Å². The third kappa shape index (κ3) is 6.04. The number of carbonyl (C=O) groups excluding carboxylic acids is 2. The van der Waals surface area contributed by atoms with Gasteiger partial charge in [0.25, 0.3) is 5.91 Å². The highest BCUT2D eigenvalue weighted by atomic mass is 35.5. The van der Waals surface area contributed by atoms with E-state index in [1.54, 1.807) is 36.4 Å². The summed E-state index contributed by atoms with van der Waals surface area (Å²) in [6, 6.07) is 10.4. The average Bonchev–Trinajstić information content (AvgIpc) is 2.66. The summed E-state index contributed by atoms with van der Waals surface area (Å²) in [4.78, 5) is 23.3. The molecule has 0 aromatic heterocycles. The quantitative estimate of drug-likeness (QED) is 0.575. The van der Waals surface area contributed by atoms with Crippen LogP contribution < -0.4 is 14.8 Å². The fourth-order valence-electron chi connectivity index (χ4n) is 2.19. The second-order valence-corrected chi connectivity index (χ2v) is 5.99. The monoisotopic (exact) mass is 389 g/mol.